The summed E-state index contributed by atoms with van der Waals surface area (Å²) in [6.07, 6.45) is 0.815. The molecular weight excluding hydrogens is 222 g/mol. The van der Waals surface area contributed by atoms with E-state index in [-0.39, 0.29) is 23.7 Å². The fourth-order valence-electron chi connectivity index (χ4n) is 2.03. The quantitative estimate of drug-likeness (QED) is 0.449. The predicted octanol–water partition coefficient (Wildman–Crippen LogP) is 2.61. The van der Waals surface area contributed by atoms with Gasteiger partial charge in [0.1, 0.15) is 6.10 Å². The maximum absolute atomic E-state index is 11.3. The highest BCUT2D eigenvalue weighted by Crippen LogP contribution is 2.34. The lowest BCUT2D eigenvalue weighted by molar-refractivity contribution is -0.385. The largest absolute Gasteiger partial charge is 0.457 e. The van der Waals surface area contributed by atoms with Crippen LogP contribution in [0.4, 0.5) is 5.69 Å². The molecule has 1 saturated heterocycles. The number of esters is 1. The second kappa shape index (κ2) is 4.53. The fraction of sp³-hybridized carbons (Fsp3) is 0.417. The lowest BCUT2D eigenvalue weighted by Gasteiger charge is -2.28. The lowest BCUT2D eigenvalue weighted by Crippen LogP contribution is -2.24. The molecule has 0 N–H and O–H groups in total. The highest BCUT2D eigenvalue weighted by atomic mass is 16.6. The van der Waals surface area contributed by atoms with Crippen LogP contribution in [0.1, 0.15) is 31.4 Å². The van der Waals surface area contributed by atoms with Crippen molar-refractivity contribution in [2.24, 2.45) is 5.92 Å². The maximum atomic E-state index is 11.3. The highest BCUT2D eigenvalue weighted by Gasteiger charge is 2.29. The Hall–Kier alpha value is -1.91. The van der Waals surface area contributed by atoms with Gasteiger partial charge in [-0.15, -0.1) is 0 Å². The van der Waals surface area contributed by atoms with Crippen LogP contribution in [-0.4, -0.2) is 10.9 Å². The number of nitro groups is 1. The van der Waals surface area contributed by atoms with Crippen molar-refractivity contribution in [1.82, 2.24) is 0 Å². The Bertz CT molecular complexity index is 458. The molecule has 0 aromatic heterocycles. The Morgan fingerprint density at radius 1 is 1.47 bits per heavy atom. The van der Waals surface area contributed by atoms with Crippen LogP contribution in [0.2, 0.25) is 0 Å². The first-order valence-electron chi connectivity index (χ1n) is 5.52. The molecule has 0 spiro atoms. The van der Waals surface area contributed by atoms with E-state index in [1.54, 1.807) is 12.1 Å². The van der Waals surface area contributed by atoms with Gasteiger partial charge in [0.15, 0.2) is 0 Å². The number of non-ortho nitro benzene ring substituents is 1. The average molecular weight is 235 g/mol. The maximum Gasteiger partial charge on any atom is 0.306 e. The molecule has 1 fully saturated rings. The van der Waals surface area contributed by atoms with Crippen LogP contribution in [-0.2, 0) is 9.53 Å². The molecule has 0 saturated carbocycles. The van der Waals surface area contributed by atoms with Crippen LogP contribution >= 0.6 is 0 Å². The van der Waals surface area contributed by atoms with Crippen molar-refractivity contribution in [1.29, 1.82) is 0 Å². The topological polar surface area (TPSA) is 69.4 Å². The van der Waals surface area contributed by atoms with Gasteiger partial charge in [-0.3, -0.25) is 14.9 Å². The Balaban J connectivity index is 2.29. The molecule has 90 valence electrons. The molecule has 17 heavy (non-hydrogen) atoms. The Labute approximate surface area is 98.5 Å². The minimum Gasteiger partial charge on any atom is -0.457 e. The van der Waals surface area contributed by atoms with Gasteiger partial charge in [-0.25, -0.2) is 0 Å². The van der Waals surface area contributed by atoms with Crippen molar-refractivity contribution in [2.45, 2.75) is 25.9 Å². The first-order chi connectivity index (χ1) is 8.08. The summed E-state index contributed by atoms with van der Waals surface area (Å²) in [6, 6.07) is 6.27. The molecule has 2 atom stereocenters. The summed E-state index contributed by atoms with van der Waals surface area (Å²) in [5.41, 5.74) is 0.719. The van der Waals surface area contributed by atoms with E-state index in [1.807, 2.05) is 6.92 Å². The van der Waals surface area contributed by atoms with E-state index in [2.05, 4.69) is 0 Å². The minimum atomic E-state index is -0.446. The normalized spacial score (nSPS) is 24.2. The van der Waals surface area contributed by atoms with Crippen LogP contribution in [0.25, 0.3) is 0 Å². The van der Waals surface area contributed by atoms with Crippen molar-refractivity contribution in [3.8, 4) is 0 Å². The van der Waals surface area contributed by atoms with E-state index in [0.717, 1.165) is 6.42 Å². The predicted molar refractivity (Wildman–Crippen MR) is 60.3 cm³/mol. The molecule has 0 radical (unpaired) electrons. The van der Waals surface area contributed by atoms with Crippen molar-refractivity contribution >= 4 is 11.7 Å². The monoisotopic (exact) mass is 235 g/mol. The van der Waals surface area contributed by atoms with Gasteiger partial charge in [0.2, 0.25) is 0 Å². The van der Waals surface area contributed by atoms with Gasteiger partial charge in [0.25, 0.3) is 5.69 Å². The number of carbonyl (C=O) groups excluding carboxylic acids is 1. The number of hydrogen-bond acceptors (Lipinski definition) is 4. The van der Waals surface area contributed by atoms with Crippen LogP contribution in [0, 0.1) is 16.0 Å². The zero-order chi connectivity index (χ0) is 12.4. The second-order valence-electron chi connectivity index (χ2n) is 4.28. The molecule has 0 amide bonds. The zero-order valence-electron chi connectivity index (χ0n) is 9.46. The molecule has 1 aliphatic heterocycles. The van der Waals surface area contributed by atoms with Gasteiger partial charge in [-0.2, -0.15) is 0 Å². The number of benzene rings is 1. The third-order valence-corrected chi connectivity index (χ3v) is 2.99. The second-order valence-corrected chi connectivity index (χ2v) is 4.28. The Kier molecular flexibility index (Phi) is 3.08. The number of rotatable bonds is 2. The number of nitrogens with zero attached hydrogens (tertiary/aromatic N) is 1. The van der Waals surface area contributed by atoms with Gasteiger partial charge in [0, 0.05) is 18.6 Å². The molecule has 0 bridgehead atoms. The number of ether oxygens (including phenoxy) is 1. The SMILES string of the molecule is C[C@@H]1CCC(=O)O[C@H]1c1cccc([N+](=O)[O-])c1. The van der Waals surface area contributed by atoms with E-state index in [0.29, 0.717) is 12.0 Å². The van der Waals surface area contributed by atoms with Gasteiger partial charge in [-0.05, 0) is 17.9 Å². The van der Waals surface area contributed by atoms with Gasteiger partial charge < -0.3 is 4.74 Å². The van der Waals surface area contributed by atoms with Crippen molar-refractivity contribution in [3.63, 3.8) is 0 Å². The number of carbonyl (C=O) groups is 1. The molecule has 0 unspecified atom stereocenters. The fourth-order valence-corrected chi connectivity index (χ4v) is 2.03. The average Bonchev–Trinajstić information content (AvgIpc) is 2.32. The number of hydrogen-bond donors (Lipinski definition) is 0. The van der Waals surface area contributed by atoms with Crippen LogP contribution in [0.5, 0.6) is 0 Å². The number of nitro benzene ring substituents is 1. The molecule has 2 rings (SSSR count). The summed E-state index contributed by atoms with van der Waals surface area (Å²) in [5.74, 6) is -0.0469. The molecule has 1 aromatic carbocycles. The summed E-state index contributed by atoms with van der Waals surface area (Å²) in [4.78, 5) is 21.5. The van der Waals surface area contributed by atoms with E-state index in [9.17, 15) is 14.9 Å². The Morgan fingerprint density at radius 3 is 2.94 bits per heavy atom. The molecule has 1 aromatic rings. The molecule has 5 heteroatoms. The Morgan fingerprint density at radius 2 is 2.24 bits per heavy atom. The van der Waals surface area contributed by atoms with Crippen LogP contribution < -0.4 is 0 Å². The van der Waals surface area contributed by atoms with E-state index in [4.69, 9.17) is 4.74 Å². The standard InChI is InChI=1S/C12H13NO4/c1-8-5-6-11(14)17-12(8)9-3-2-4-10(7-9)13(15)16/h2-4,7-8,12H,5-6H2,1H3/t8-,12-/m1/s1. The summed E-state index contributed by atoms with van der Waals surface area (Å²) in [6.45, 7) is 1.98. The van der Waals surface area contributed by atoms with Crippen molar-refractivity contribution in [3.05, 3.63) is 39.9 Å². The summed E-state index contributed by atoms with van der Waals surface area (Å²) in [7, 11) is 0. The lowest BCUT2D eigenvalue weighted by atomic mass is 9.91. The van der Waals surface area contributed by atoms with E-state index in [1.165, 1.54) is 12.1 Å². The van der Waals surface area contributed by atoms with Crippen LogP contribution in [0.3, 0.4) is 0 Å². The highest BCUT2D eigenvalue weighted by molar-refractivity contribution is 5.70. The summed E-state index contributed by atoms with van der Waals surface area (Å²) in [5, 5.41) is 10.7. The minimum absolute atomic E-state index is 0.0244. The molecule has 0 aliphatic carbocycles. The van der Waals surface area contributed by atoms with E-state index >= 15 is 0 Å². The molecular formula is C12H13NO4. The van der Waals surface area contributed by atoms with Crippen molar-refractivity contribution in [2.75, 3.05) is 0 Å². The van der Waals surface area contributed by atoms with Crippen molar-refractivity contribution < 1.29 is 14.5 Å². The third-order valence-electron chi connectivity index (χ3n) is 2.99. The molecule has 1 aliphatic rings. The zero-order valence-corrected chi connectivity index (χ0v) is 9.46. The molecule has 1 heterocycles. The first-order valence-corrected chi connectivity index (χ1v) is 5.52. The summed E-state index contributed by atoms with van der Waals surface area (Å²) >= 11 is 0. The smallest absolute Gasteiger partial charge is 0.306 e. The molecule has 5 nitrogen and oxygen atoms in total. The van der Waals surface area contributed by atoms with Gasteiger partial charge in [0.05, 0.1) is 4.92 Å². The van der Waals surface area contributed by atoms with E-state index < -0.39 is 4.92 Å². The first kappa shape index (κ1) is 11.6. The summed E-state index contributed by atoms with van der Waals surface area (Å²) < 4.78 is 5.26. The van der Waals surface area contributed by atoms with Gasteiger partial charge in [-0.1, -0.05) is 19.1 Å². The van der Waals surface area contributed by atoms with Crippen LogP contribution in [0.15, 0.2) is 24.3 Å². The third kappa shape index (κ3) is 2.43. The van der Waals surface area contributed by atoms with Gasteiger partial charge >= 0.3 is 5.97 Å². The number of cyclic esters (lactones) is 1.